The van der Waals surface area contributed by atoms with Crippen LogP contribution in [0, 0.1) is 5.82 Å². The third-order valence-electron chi connectivity index (χ3n) is 6.59. The van der Waals surface area contributed by atoms with E-state index in [0.717, 1.165) is 46.3 Å². The van der Waals surface area contributed by atoms with E-state index in [9.17, 15) is 9.18 Å². The molecule has 1 aliphatic carbocycles. The topological polar surface area (TPSA) is 50.3 Å². The average molecular weight is 450 g/mol. The maximum Gasteiger partial charge on any atom is 0.248 e. The van der Waals surface area contributed by atoms with E-state index in [2.05, 4.69) is 16.0 Å². The first-order valence-electron chi connectivity index (χ1n) is 10.7. The van der Waals surface area contributed by atoms with Gasteiger partial charge in [-0.3, -0.25) is 9.69 Å². The second-order valence-electron chi connectivity index (χ2n) is 8.73. The number of halogens is 2. The summed E-state index contributed by atoms with van der Waals surface area (Å²) in [7, 11) is 0. The lowest BCUT2D eigenvalue weighted by Crippen LogP contribution is -2.39. The van der Waals surface area contributed by atoms with Gasteiger partial charge in [-0.25, -0.2) is 4.39 Å². The van der Waals surface area contributed by atoms with E-state index in [-0.39, 0.29) is 16.9 Å². The summed E-state index contributed by atoms with van der Waals surface area (Å²) in [6.45, 7) is 1.91. The van der Waals surface area contributed by atoms with Crippen LogP contribution in [0.15, 0.2) is 65.7 Å². The molecule has 7 heteroatoms. The Labute approximate surface area is 189 Å². The Morgan fingerprint density at radius 1 is 1.12 bits per heavy atom. The molecule has 2 aromatic heterocycles. The van der Waals surface area contributed by atoms with Crippen LogP contribution in [0.4, 0.5) is 4.39 Å². The molecule has 4 aromatic rings. The minimum absolute atomic E-state index is 0.0250. The van der Waals surface area contributed by atoms with Gasteiger partial charge in [0.15, 0.2) is 0 Å². The number of aromatic nitrogens is 2. The summed E-state index contributed by atoms with van der Waals surface area (Å²) in [5, 5.41) is 1.40. The first-order chi connectivity index (χ1) is 15.5. The number of rotatable bonds is 3. The molecule has 1 aliphatic heterocycles. The quantitative estimate of drug-likeness (QED) is 0.477. The summed E-state index contributed by atoms with van der Waals surface area (Å²) >= 11 is 6.69. The van der Waals surface area contributed by atoms with Gasteiger partial charge in [0.1, 0.15) is 18.2 Å². The van der Waals surface area contributed by atoms with E-state index < -0.39 is 0 Å². The zero-order valence-electron chi connectivity index (χ0n) is 17.3. The number of fused-ring (bicyclic) bond motifs is 2. The molecular weight excluding hydrogens is 429 g/mol. The minimum atomic E-state index is -0.256. The number of ether oxygens (including phenoxy) is 1. The van der Waals surface area contributed by atoms with Gasteiger partial charge in [0.2, 0.25) is 5.56 Å². The monoisotopic (exact) mass is 449 g/mol. The van der Waals surface area contributed by atoms with Gasteiger partial charge in [0.05, 0.1) is 16.1 Å². The lowest BCUT2D eigenvalue weighted by molar-refractivity contribution is 0.119. The highest BCUT2D eigenvalue weighted by Gasteiger charge is 2.50. The molecule has 1 saturated carbocycles. The molecule has 3 heterocycles. The predicted octanol–water partition coefficient (Wildman–Crippen LogP) is 5.04. The Hall–Kier alpha value is -3.09. The van der Waals surface area contributed by atoms with Crippen molar-refractivity contribution in [3.8, 4) is 11.4 Å². The fraction of sp³-hybridized carbons (Fsp3) is 0.240. The van der Waals surface area contributed by atoms with Crippen molar-refractivity contribution in [2.24, 2.45) is 0 Å². The zero-order valence-corrected chi connectivity index (χ0v) is 18.0. The number of nitrogens with one attached hydrogen (secondary N) is 1. The van der Waals surface area contributed by atoms with Crippen LogP contribution in [-0.4, -0.2) is 26.6 Å². The van der Waals surface area contributed by atoms with Crippen LogP contribution < -0.4 is 10.3 Å². The molecule has 1 N–H and O–H groups in total. The molecule has 32 heavy (non-hydrogen) atoms. The van der Waals surface area contributed by atoms with Crippen molar-refractivity contribution in [2.75, 3.05) is 6.61 Å². The van der Waals surface area contributed by atoms with Gasteiger partial charge < -0.3 is 14.3 Å². The molecule has 6 rings (SSSR count). The van der Waals surface area contributed by atoms with Crippen molar-refractivity contribution >= 4 is 22.5 Å². The highest BCUT2D eigenvalue weighted by Crippen LogP contribution is 2.48. The molecule has 2 aromatic carbocycles. The third kappa shape index (κ3) is 3.31. The molecule has 0 saturated heterocycles. The molecule has 1 fully saturated rings. The van der Waals surface area contributed by atoms with Crippen molar-refractivity contribution in [1.82, 2.24) is 14.5 Å². The van der Waals surface area contributed by atoms with Crippen LogP contribution in [-0.2, 0) is 13.1 Å². The Morgan fingerprint density at radius 3 is 2.81 bits per heavy atom. The molecule has 2 aliphatic rings. The highest BCUT2D eigenvalue weighted by atomic mass is 35.5. The van der Waals surface area contributed by atoms with Gasteiger partial charge in [0, 0.05) is 48.2 Å². The van der Waals surface area contributed by atoms with Gasteiger partial charge in [0.25, 0.3) is 0 Å². The summed E-state index contributed by atoms with van der Waals surface area (Å²) in [4.78, 5) is 16.9. The van der Waals surface area contributed by atoms with Gasteiger partial charge in [-0.1, -0.05) is 11.6 Å². The van der Waals surface area contributed by atoms with Gasteiger partial charge in [-0.05, 0) is 60.9 Å². The number of aromatic amines is 1. The number of hydrogen-bond acceptors (Lipinski definition) is 3. The van der Waals surface area contributed by atoms with Crippen molar-refractivity contribution in [3.05, 3.63) is 93.2 Å². The average Bonchev–Trinajstić information content (AvgIpc) is 3.47. The van der Waals surface area contributed by atoms with Gasteiger partial charge in [-0.2, -0.15) is 0 Å². The number of pyridine rings is 1. The second kappa shape index (κ2) is 7.22. The standard InChI is InChI=1S/C25H21ClFN3O2/c26-21-12-20(30-8-4-17-10-19(27)1-2-22(17)30)11-18-14-29(13-16-3-7-28-23(31)9-16)25(5-6-25)15-32-24(18)21/h1-4,7-12H,5-6,13-15H2,(H,28,31). The summed E-state index contributed by atoms with van der Waals surface area (Å²) < 4.78 is 21.9. The van der Waals surface area contributed by atoms with Crippen LogP contribution in [0.3, 0.4) is 0 Å². The largest absolute Gasteiger partial charge is 0.490 e. The Bertz CT molecular complexity index is 1410. The van der Waals surface area contributed by atoms with Crippen LogP contribution in [0.1, 0.15) is 24.0 Å². The van der Waals surface area contributed by atoms with Crippen LogP contribution >= 0.6 is 11.6 Å². The van der Waals surface area contributed by atoms with Crippen LogP contribution in [0.2, 0.25) is 5.02 Å². The molecule has 0 bridgehead atoms. The summed E-state index contributed by atoms with van der Waals surface area (Å²) in [6.07, 6.45) is 5.73. The van der Waals surface area contributed by atoms with Crippen LogP contribution in [0.5, 0.6) is 5.75 Å². The lowest BCUT2D eigenvalue weighted by Gasteiger charge is -2.29. The molecule has 1 spiro atoms. The van der Waals surface area contributed by atoms with E-state index in [0.29, 0.717) is 24.7 Å². The van der Waals surface area contributed by atoms with Gasteiger partial charge >= 0.3 is 0 Å². The van der Waals surface area contributed by atoms with Crippen molar-refractivity contribution in [2.45, 2.75) is 31.5 Å². The molecule has 0 unspecified atom stereocenters. The highest BCUT2D eigenvalue weighted by molar-refractivity contribution is 6.32. The number of hydrogen-bond donors (Lipinski definition) is 1. The SMILES string of the molecule is O=c1cc(CN2Cc3cc(-n4ccc5cc(F)ccc54)cc(Cl)c3OCC23CC3)cc[nH]1. The minimum Gasteiger partial charge on any atom is -0.490 e. The first-order valence-corrected chi connectivity index (χ1v) is 11.0. The van der Waals surface area contributed by atoms with Crippen molar-refractivity contribution in [3.63, 3.8) is 0 Å². The summed E-state index contributed by atoms with van der Waals surface area (Å²) in [5.41, 5.74) is 3.68. The van der Waals surface area contributed by atoms with E-state index in [1.807, 2.05) is 29.0 Å². The molecular formula is C25H21ClFN3O2. The molecule has 0 radical (unpaired) electrons. The van der Waals surface area contributed by atoms with E-state index in [1.54, 1.807) is 18.3 Å². The van der Waals surface area contributed by atoms with E-state index >= 15 is 0 Å². The lowest BCUT2D eigenvalue weighted by atomic mass is 10.1. The third-order valence-corrected chi connectivity index (χ3v) is 6.87. The predicted molar refractivity (Wildman–Crippen MR) is 122 cm³/mol. The summed E-state index contributed by atoms with van der Waals surface area (Å²) in [6, 6.07) is 14.3. The Morgan fingerprint density at radius 2 is 2.00 bits per heavy atom. The maximum absolute atomic E-state index is 13.6. The fourth-order valence-corrected chi connectivity index (χ4v) is 4.99. The smallest absolute Gasteiger partial charge is 0.248 e. The molecule has 0 atom stereocenters. The Balaban J connectivity index is 1.40. The number of benzene rings is 2. The summed E-state index contributed by atoms with van der Waals surface area (Å²) in [5.74, 6) is 0.464. The molecule has 0 amide bonds. The zero-order chi connectivity index (χ0) is 21.9. The normalized spacial score (nSPS) is 17.2. The van der Waals surface area contributed by atoms with Crippen molar-refractivity contribution in [1.29, 1.82) is 0 Å². The number of H-pyrrole nitrogens is 1. The Kier molecular flexibility index (Phi) is 4.42. The molecule has 162 valence electrons. The maximum atomic E-state index is 13.6. The van der Waals surface area contributed by atoms with Crippen LogP contribution in [0.25, 0.3) is 16.6 Å². The van der Waals surface area contributed by atoms with E-state index in [4.69, 9.17) is 16.3 Å². The van der Waals surface area contributed by atoms with E-state index in [1.165, 1.54) is 12.1 Å². The second-order valence-corrected chi connectivity index (χ2v) is 9.14. The fourth-order valence-electron chi connectivity index (χ4n) is 4.70. The van der Waals surface area contributed by atoms with Gasteiger partial charge in [-0.15, -0.1) is 0 Å². The first kappa shape index (κ1) is 19.6. The number of nitrogens with zero attached hydrogens (tertiary/aromatic N) is 2. The van der Waals surface area contributed by atoms with Crippen molar-refractivity contribution < 1.29 is 9.13 Å². The molecule has 5 nitrogen and oxygen atoms in total.